The molecule has 0 radical (unpaired) electrons. The number of hydrogen-bond acceptors (Lipinski definition) is 4. The van der Waals surface area contributed by atoms with E-state index in [0.29, 0.717) is 37.3 Å². The maximum Gasteiger partial charge on any atom is 0.270 e. The summed E-state index contributed by atoms with van der Waals surface area (Å²) in [7, 11) is 0. The number of anilines is 1. The second-order valence-corrected chi connectivity index (χ2v) is 7.44. The van der Waals surface area contributed by atoms with Crippen molar-refractivity contribution in [3.63, 3.8) is 0 Å². The molecule has 0 unspecified atom stereocenters. The lowest BCUT2D eigenvalue weighted by molar-refractivity contribution is -0.125. The van der Waals surface area contributed by atoms with Gasteiger partial charge in [0.25, 0.3) is 5.91 Å². The van der Waals surface area contributed by atoms with Gasteiger partial charge in [-0.2, -0.15) is 5.10 Å². The second kappa shape index (κ2) is 6.44. The van der Waals surface area contributed by atoms with Gasteiger partial charge in [0.2, 0.25) is 5.91 Å². The Morgan fingerprint density at radius 3 is 2.92 bits per heavy atom. The Balaban J connectivity index is 1.58. The third kappa shape index (κ3) is 3.09. The van der Waals surface area contributed by atoms with Crippen LogP contribution in [0.3, 0.4) is 0 Å². The minimum Gasteiger partial charge on any atom is -0.333 e. The first kappa shape index (κ1) is 16.0. The van der Waals surface area contributed by atoms with Crippen LogP contribution in [0.2, 0.25) is 0 Å². The molecule has 2 aliphatic heterocycles. The molecule has 0 bridgehead atoms. The number of carbonyl (C=O) groups excluding carboxylic acids is 2. The Hall–Kier alpha value is -2.47. The summed E-state index contributed by atoms with van der Waals surface area (Å²) in [5, 5.41) is 7.86. The maximum atomic E-state index is 12.9. The van der Waals surface area contributed by atoms with Crippen molar-refractivity contribution < 1.29 is 9.59 Å². The fourth-order valence-corrected chi connectivity index (χ4v) is 4.16. The number of fused-ring (bicyclic) bond motifs is 1. The quantitative estimate of drug-likeness (QED) is 0.833. The molecule has 2 aromatic rings. The van der Waals surface area contributed by atoms with E-state index in [4.69, 9.17) is 0 Å². The predicted octanol–water partition coefficient (Wildman–Crippen LogP) is 3.12. The van der Waals surface area contributed by atoms with Crippen LogP contribution in [0, 0.1) is 6.92 Å². The minimum absolute atomic E-state index is 0.0537. The first-order valence-corrected chi connectivity index (χ1v) is 9.31. The van der Waals surface area contributed by atoms with Crippen molar-refractivity contribution >= 4 is 34.6 Å². The van der Waals surface area contributed by atoms with E-state index in [-0.39, 0.29) is 11.8 Å². The molecule has 1 aromatic carbocycles. The molecule has 6 heteroatoms. The Kier molecular flexibility index (Phi) is 4.13. The lowest BCUT2D eigenvalue weighted by atomic mass is 10.1. The number of thiophene rings is 1. The van der Waals surface area contributed by atoms with Crippen LogP contribution >= 0.6 is 11.3 Å². The van der Waals surface area contributed by atoms with E-state index in [1.807, 2.05) is 36.1 Å². The van der Waals surface area contributed by atoms with E-state index < -0.39 is 0 Å². The fraction of sp³-hybridized carbons (Fsp3) is 0.316. The number of rotatable bonds is 2. The maximum absolute atomic E-state index is 12.9. The van der Waals surface area contributed by atoms with Crippen molar-refractivity contribution in [2.45, 2.75) is 32.7 Å². The van der Waals surface area contributed by atoms with E-state index in [9.17, 15) is 9.59 Å². The van der Waals surface area contributed by atoms with E-state index in [1.165, 1.54) is 15.4 Å². The summed E-state index contributed by atoms with van der Waals surface area (Å²) in [6.45, 7) is 3.32. The van der Waals surface area contributed by atoms with Gasteiger partial charge in [0.15, 0.2) is 0 Å². The van der Waals surface area contributed by atoms with Crippen LogP contribution in [0.4, 0.5) is 5.69 Å². The second-order valence-electron chi connectivity index (χ2n) is 6.44. The van der Waals surface area contributed by atoms with Gasteiger partial charge in [-0.05, 0) is 48.1 Å². The molecular formula is C19H19N3O2S. The summed E-state index contributed by atoms with van der Waals surface area (Å²) < 4.78 is 0. The van der Waals surface area contributed by atoms with Gasteiger partial charge in [-0.3, -0.25) is 9.59 Å². The number of amides is 2. The summed E-state index contributed by atoms with van der Waals surface area (Å²) in [4.78, 5) is 28.4. The number of hydrogen-bond donors (Lipinski definition) is 0. The standard InChI is InChI=1S/C19H19N3O2S/c1-13-3-2-4-15(11-13)22-18(23)6-5-16(20-22)19(24)21-9-7-17-14(12-21)8-10-25-17/h2-4,8,10-11H,5-7,9,12H2,1H3. The third-order valence-electron chi connectivity index (χ3n) is 4.62. The zero-order valence-electron chi connectivity index (χ0n) is 14.1. The molecule has 0 fully saturated rings. The van der Waals surface area contributed by atoms with Crippen molar-refractivity contribution in [3.05, 3.63) is 51.7 Å². The highest BCUT2D eigenvalue weighted by Crippen LogP contribution is 2.26. The van der Waals surface area contributed by atoms with Gasteiger partial charge in [0.05, 0.1) is 5.69 Å². The van der Waals surface area contributed by atoms with Gasteiger partial charge in [-0.1, -0.05) is 12.1 Å². The summed E-state index contributed by atoms with van der Waals surface area (Å²) in [5.41, 5.74) is 3.47. The average molecular weight is 353 g/mol. The first-order valence-electron chi connectivity index (χ1n) is 8.43. The van der Waals surface area contributed by atoms with E-state index in [1.54, 1.807) is 11.3 Å². The van der Waals surface area contributed by atoms with Crippen molar-refractivity contribution in [2.75, 3.05) is 11.6 Å². The lowest BCUT2D eigenvalue weighted by Crippen LogP contribution is -2.43. The molecule has 2 aliphatic rings. The van der Waals surface area contributed by atoms with Gasteiger partial charge in [-0.15, -0.1) is 11.3 Å². The highest BCUT2D eigenvalue weighted by atomic mass is 32.1. The molecule has 0 saturated carbocycles. The van der Waals surface area contributed by atoms with Crippen molar-refractivity contribution in [1.29, 1.82) is 0 Å². The molecule has 0 N–H and O–H groups in total. The Morgan fingerprint density at radius 2 is 2.08 bits per heavy atom. The molecule has 4 rings (SSSR count). The zero-order valence-corrected chi connectivity index (χ0v) is 14.9. The van der Waals surface area contributed by atoms with E-state index in [2.05, 4.69) is 16.5 Å². The highest BCUT2D eigenvalue weighted by Gasteiger charge is 2.30. The van der Waals surface area contributed by atoms with E-state index in [0.717, 1.165) is 12.0 Å². The average Bonchev–Trinajstić information content (AvgIpc) is 3.09. The molecule has 128 valence electrons. The number of aryl methyl sites for hydroxylation is 1. The first-order chi connectivity index (χ1) is 12.1. The van der Waals surface area contributed by atoms with Crippen LogP contribution in [0.1, 0.15) is 28.8 Å². The molecule has 5 nitrogen and oxygen atoms in total. The number of hydrazone groups is 1. The SMILES string of the molecule is Cc1cccc(N2N=C(C(=O)N3CCc4sccc4C3)CCC2=O)c1. The molecule has 0 atom stereocenters. The number of benzene rings is 1. The molecule has 0 saturated heterocycles. The summed E-state index contributed by atoms with van der Waals surface area (Å²) in [6, 6.07) is 9.71. The third-order valence-corrected chi connectivity index (χ3v) is 5.64. The van der Waals surface area contributed by atoms with Gasteiger partial charge >= 0.3 is 0 Å². The summed E-state index contributed by atoms with van der Waals surface area (Å²) in [6.07, 6.45) is 1.62. The van der Waals surface area contributed by atoms with Gasteiger partial charge in [0, 0.05) is 30.8 Å². The Morgan fingerprint density at radius 1 is 1.20 bits per heavy atom. The lowest BCUT2D eigenvalue weighted by Gasteiger charge is -2.30. The molecular weight excluding hydrogens is 334 g/mol. The molecule has 3 heterocycles. The van der Waals surface area contributed by atoms with Crippen LogP contribution < -0.4 is 5.01 Å². The zero-order chi connectivity index (χ0) is 17.4. The highest BCUT2D eigenvalue weighted by molar-refractivity contribution is 7.10. The van der Waals surface area contributed by atoms with Crippen LogP contribution in [0.25, 0.3) is 0 Å². The Bertz CT molecular complexity index is 871. The van der Waals surface area contributed by atoms with Crippen molar-refractivity contribution in [2.24, 2.45) is 5.10 Å². The predicted molar refractivity (Wildman–Crippen MR) is 98.8 cm³/mol. The van der Waals surface area contributed by atoms with Gasteiger partial charge in [-0.25, -0.2) is 5.01 Å². The molecule has 0 spiro atoms. The van der Waals surface area contributed by atoms with Crippen LogP contribution in [-0.2, 0) is 22.6 Å². The Labute approximate surface area is 150 Å². The molecule has 1 aromatic heterocycles. The summed E-state index contributed by atoms with van der Waals surface area (Å²) >= 11 is 1.75. The number of nitrogens with zero attached hydrogens (tertiary/aromatic N) is 3. The monoisotopic (exact) mass is 353 g/mol. The van der Waals surface area contributed by atoms with Crippen molar-refractivity contribution in [3.8, 4) is 0 Å². The normalized spacial score (nSPS) is 17.3. The minimum atomic E-state index is -0.0686. The molecule has 25 heavy (non-hydrogen) atoms. The fourth-order valence-electron chi connectivity index (χ4n) is 3.27. The van der Waals surface area contributed by atoms with E-state index >= 15 is 0 Å². The number of carbonyl (C=O) groups is 2. The van der Waals surface area contributed by atoms with Crippen LogP contribution in [-0.4, -0.2) is 29.0 Å². The smallest absolute Gasteiger partial charge is 0.270 e. The van der Waals surface area contributed by atoms with Gasteiger partial charge in [0.1, 0.15) is 5.71 Å². The van der Waals surface area contributed by atoms with Gasteiger partial charge < -0.3 is 4.90 Å². The topological polar surface area (TPSA) is 53.0 Å². The molecule has 2 amide bonds. The summed E-state index contributed by atoms with van der Waals surface area (Å²) in [5.74, 6) is -0.122. The largest absolute Gasteiger partial charge is 0.333 e. The van der Waals surface area contributed by atoms with Crippen molar-refractivity contribution in [1.82, 2.24) is 4.90 Å². The molecule has 0 aliphatic carbocycles. The van der Waals surface area contributed by atoms with Crippen LogP contribution in [0.15, 0.2) is 40.8 Å². The van der Waals surface area contributed by atoms with Crippen LogP contribution in [0.5, 0.6) is 0 Å².